The van der Waals surface area contributed by atoms with Crippen molar-refractivity contribution in [3.8, 4) is 5.69 Å². The van der Waals surface area contributed by atoms with E-state index in [1.165, 1.54) is 10.9 Å². The Labute approximate surface area is 139 Å². The van der Waals surface area contributed by atoms with E-state index in [2.05, 4.69) is 15.4 Å². The zero-order chi connectivity index (χ0) is 17.3. The molecule has 0 aliphatic carbocycles. The van der Waals surface area contributed by atoms with Crippen LogP contribution in [0.5, 0.6) is 0 Å². The fraction of sp³-hybridized carbons (Fsp3) is 0.438. The summed E-state index contributed by atoms with van der Waals surface area (Å²) in [5.74, 6) is -1.71. The van der Waals surface area contributed by atoms with Gasteiger partial charge in [0.25, 0.3) is 5.91 Å². The summed E-state index contributed by atoms with van der Waals surface area (Å²) in [7, 11) is 0. The van der Waals surface area contributed by atoms with Crippen molar-refractivity contribution in [3.63, 3.8) is 0 Å². The minimum absolute atomic E-state index is 0.121. The first kappa shape index (κ1) is 16.5. The van der Waals surface area contributed by atoms with Crippen LogP contribution in [0.15, 0.2) is 18.3 Å². The Bertz CT molecular complexity index is 736. The predicted octanol–water partition coefficient (Wildman–Crippen LogP) is 1.29. The van der Waals surface area contributed by atoms with Crippen molar-refractivity contribution in [1.29, 1.82) is 0 Å². The SMILES string of the molecule is CC(C)c1nn(-c2ccc([C@@H]3CNCCO3)nc2)c(C(N)=O)c1F. The molecule has 0 saturated carbocycles. The first-order valence-electron chi connectivity index (χ1n) is 7.86. The molecule has 0 radical (unpaired) electrons. The van der Waals surface area contributed by atoms with Gasteiger partial charge in [-0.05, 0) is 12.1 Å². The number of primary amides is 1. The fourth-order valence-electron chi connectivity index (χ4n) is 2.65. The van der Waals surface area contributed by atoms with E-state index in [0.717, 1.165) is 12.2 Å². The van der Waals surface area contributed by atoms with Crippen LogP contribution >= 0.6 is 0 Å². The molecule has 128 valence electrons. The molecule has 1 amide bonds. The number of aromatic nitrogens is 3. The highest BCUT2D eigenvalue weighted by Crippen LogP contribution is 2.24. The second-order valence-corrected chi connectivity index (χ2v) is 5.98. The largest absolute Gasteiger partial charge is 0.369 e. The van der Waals surface area contributed by atoms with E-state index in [-0.39, 0.29) is 23.4 Å². The van der Waals surface area contributed by atoms with Gasteiger partial charge < -0.3 is 15.8 Å². The minimum atomic E-state index is -0.865. The molecule has 0 bridgehead atoms. The third-order valence-electron chi connectivity index (χ3n) is 3.91. The number of carbonyl (C=O) groups is 1. The summed E-state index contributed by atoms with van der Waals surface area (Å²) in [6.45, 7) is 5.74. The van der Waals surface area contributed by atoms with Crippen molar-refractivity contribution in [2.24, 2.45) is 5.73 Å². The number of nitrogens with zero attached hydrogens (tertiary/aromatic N) is 3. The van der Waals surface area contributed by atoms with E-state index in [1.807, 2.05) is 0 Å². The lowest BCUT2D eigenvalue weighted by Gasteiger charge is -2.23. The standard InChI is InChI=1S/C16H20FN5O2/c1-9(2)14-13(17)15(16(18)23)22(21-14)10-3-4-11(20-7-10)12-8-19-5-6-24-12/h3-4,7,9,12,19H,5-6,8H2,1-2H3,(H2,18,23)/t12-/m0/s1. The average Bonchev–Trinajstić information content (AvgIpc) is 2.93. The van der Waals surface area contributed by atoms with Crippen LogP contribution in [0, 0.1) is 5.82 Å². The Balaban J connectivity index is 1.96. The maximum Gasteiger partial charge on any atom is 0.270 e. The highest BCUT2D eigenvalue weighted by Gasteiger charge is 2.25. The molecule has 0 spiro atoms. The number of nitrogens with one attached hydrogen (secondary N) is 1. The number of hydrogen-bond acceptors (Lipinski definition) is 5. The van der Waals surface area contributed by atoms with Crippen molar-refractivity contribution in [2.45, 2.75) is 25.9 Å². The molecular formula is C16H20FN5O2. The maximum atomic E-state index is 14.4. The molecule has 1 aliphatic rings. The molecule has 1 fully saturated rings. The van der Waals surface area contributed by atoms with Crippen molar-refractivity contribution in [3.05, 3.63) is 41.2 Å². The summed E-state index contributed by atoms with van der Waals surface area (Å²) in [6, 6.07) is 3.51. The molecule has 0 aromatic carbocycles. The number of pyridine rings is 1. The van der Waals surface area contributed by atoms with Gasteiger partial charge in [0.05, 0.1) is 24.2 Å². The molecule has 7 nitrogen and oxygen atoms in total. The fourth-order valence-corrected chi connectivity index (χ4v) is 2.65. The van der Waals surface area contributed by atoms with E-state index < -0.39 is 11.7 Å². The van der Waals surface area contributed by atoms with Gasteiger partial charge in [0.2, 0.25) is 0 Å². The van der Waals surface area contributed by atoms with Crippen LogP contribution in [0.1, 0.15) is 47.7 Å². The summed E-state index contributed by atoms with van der Waals surface area (Å²) in [5.41, 5.74) is 6.51. The molecule has 3 N–H and O–H groups in total. The van der Waals surface area contributed by atoms with Gasteiger partial charge in [-0.15, -0.1) is 0 Å². The predicted molar refractivity (Wildman–Crippen MR) is 85.5 cm³/mol. The lowest BCUT2D eigenvalue weighted by molar-refractivity contribution is 0.0250. The Morgan fingerprint density at radius 2 is 2.29 bits per heavy atom. The zero-order valence-corrected chi connectivity index (χ0v) is 13.6. The molecule has 2 aromatic rings. The third kappa shape index (κ3) is 3.02. The zero-order valence-electron chi connectivity index (χ0n) is 13.6. The summed E-state index contributed by atoms with van der Waals surface area (Å²) < 4.78 is 21.3. The highest BCUT2D eigenvalue weighted by molar-refractivity contribution is 5.92. The van der Waals surface area contributed by atoms with Gasteiger partial charge >= 0.3 is 0 Å². The topological polar surface area (TPSA) is 95.1 Å². The van der Waals surface area contributed by atoms with Gasteiger partial charge in [-0.3, -0.25) is 9.78 Å². The minimum Gasteiger partial charge on any atom is -0.369 e. The Morgan fingerprint density at radius 3 is 2.83 bits per heavy atom. The lowest BCUT2D eigenvalue weighted by Crippen LogP contribution is -2.33. The highest BCUT2D eigenvalue weighted by atomic mass is 19.1. The molecule has 1 saturated heterocycles. The third-order valence-corrected chi connectivity index (χ3v) is 3.91. The van der Waals surface area contributed by atoms with Gasteiger partial charge in [-0.1, -0.05) is 13.8 Å². The first-order valence-corrected chi connectivity index (χ1v) is 7.86. The molecule has 8 heteroatoms. The Morgan fingerprint density at radius 1 is 1.50 bits per heavy atom. The normalized spacial score (nSPS) is 18.1. The monoisotopic (exact) mass is 333 g/mol. The molecule has 0 unspecified atom stereocenters. The maximum absolute atomic E-state index is 14.4. The number of nitrogens with two attached hydrogens (primary N) is 1. The second-order valence-electron chi connectivity index (χ2n) is 5.98. The average molecular weight is 333 g/mol. The van der Waals surface area contributed by atoms with E-state index in [0.29, 0.717) is 18.8 Å². The van der Waals surface area contributed by atoms with E-state index in [1.54, 1.807) is 26.0 Å². The van der Waals surface area contributed by atoms with E-state index >= 15 is 0 Å². The van der Waals surface area contributed by atoms with Gasteiger partial charge in [-0.25, -0.2) is 9.07 Å². The van der Waals surface area contributed by atoms with Gasteiger partial charge in [-0.2, -0.15) is 5.10 Å². The lowest BCUT2D eigenvalue weighted by atomic mass is 10.1. The van der Waals surface area contributed by atoms with Crippen molar-refractivity contribution in [2.75, 3.05) is 19.7 Å². The summed E-state index contributed by atoms with van der Waals surface area (Å²) in [5, 5.41) is 7.43. The van der Waals surface area contributed by atoms with Gasteiger partial charge in [0.1, 0.15) is 11.8 Å². The van der Waals surface area contributed by atoms with Crippen LogP contribution < -0.4 is 11.1 Å². The smallest absolute Gasteiger partial charge is 0.270 e. The number of halogens is 1. The van der Waals surface area contributed by atoms with Crippen molar-refractivity contribution in [1.82, 2.24) is 20.1 Å². The van der Waals surface area contributed by atoms with Gasteiger partial charge in [0.15, 0.2) is 11.5 Å². The number of amides is 1. The second kappa shape index (κ2) is 6.66. The number of ether oxygens (including phenoxy) is 1. The van der Waals surface area contributed by atoms with Crippen LogP contribution in [0.3, 0.4) is 0 Å². The van der Waals surface area contributed by atoms with Gasteiger partial charge in [0, 0.05) is 19.0 Å². The van der Waals surface area contributed by atoms with E-state index in [9.17, 15) is 9.18 Å². The number of rotatable bonds is 4. The molecule has 24 heavy (non-hydrogen) atoms. The number of morpholine rings is 1. The summed E-state index contributed by atoms with van der Waals surface area (Å²) in [6.07, 6.45) is 1.42. The Kier molecular flexibility index (Phi) is 4.59. The Hall–Kier alpha value is -2.32. The molecular weight excluding hydrogens is 313 g/mol. The van der Waals surface area contributed by atoms with E-state index in [4.69, 9.17) is 10.5 Å². The quantitative estimate of drug-likeness (QED) is 0.879. The molecule has 2 aromatic heterocycles. The first-order chi connectivity index (χ1) is 11.5. The van der Waals surface area contributed by atoms with Crippen LogP contribution in [-0.4, -0.2) is 40.4 Å². The molecule has 3 rings (SSSR count). The van der Waals surface area contributed by atoms with Crippen LogP contribution in [0.2, 0.25) is 0 Å². The van der Waals surface area contributed by atoms with Crippen LogP contribution in [0.4, 0.5) is 4.39 Å². The number of carbonyl (C=O) groups excluding carboxylic acids is 1. The summed E-state index contributed by atoms with van der Waals surface area (Å²) >= 11 is 0. The van der Waals surface area contributed by atoms with Crippen LogP contribution in [0.25, 0.3) is 5.69 Å². The molecule has 1 aliphatic heterocycles. The van der Waals surface area contributed by atoms with Crippen LogP contribution in [-0.2, 0) is 4.74 Å². The molecule has 1 atom stereocenters. The van der Waals surface area contributed by atoms with Crippen molar-refractivity contribution < 1.29 is 13.9 Å². The molecule has 3 heterocycles. The van der Waals surface area contributed by atoms with Crippen molar-refractivity contribution >= 4 is 5.91 Å². The summed E-state index contributed by atoms with van der Waals surface area (Å²) in [4.78, 5) is 16.0. The number of hydrogen-bond donors (Lipinski definition) is 2.